The third-order valence-electron chi connectivity index (χ3n) is 2.49. The van der Waals surface area contributed by atoms with E-state index in [0.717, 1.165) is 11.3 Å². The number of anilines is 1. The van der Waals surface area contributed by atoms with Crippen LogP contribution in [0.15, 0.2) is 30.7 Å². The Bertz CT molecular complexity index is 561. The molecule has 94 valence electrons. The first-order valence-electron chi connectivity index (χ1n) is 5.52. The van der Waals surface area contributed by atoms with Crippen LogP contribution in [0.25, 0.3) is 5.82 Å². The molecule has 0 spiro atoms. The van der Waals surface area contributed by atoms with E-state index in [0.29, 0.717) is 5.82 Å². The first kappa shape index (κ1) is 12.1. The van der Waals surface area contributed by atoms with Gasteiger partial charge in [0.1, 0.15) is 0 Å². The van der Waals surface area contributed by atoms with Gasteiger partial charge in [0, 0.05) is 38.2 Å². The Morgan fingerprint density at radius 1 is 1.50 bits per heavy atom. The average Bonchev–Trinajstić information content (AvgIpc) is 2.77. The van der Waals surface area contributed by atoms with Crippen LogP contribution in [0.2, 0.25) is 0 Å². The molecule has 2 aromatic rings. The predicted molar refractivity (Wildman–Crippen MR) is 68.6 cm³/mol. The average molecular weight is 245 g/mol. The van der Waals surface area contributed by atoms with Crippen LogP contribution in [0.4, 0.5) is 5.69 Å². The largest absolute Gasteiger partial charge is 0.378 e. The van der Waals surface area contributed by atoms with Crippen LogP contribution >= 0.6 is 0 Å². The van der Waals surface area contributed by atoms with E-state index in [2.05, 4.69) is 10.1 Å². The lowest BCUT2D eigenvalue weighted by Gasteiger charge is -2.12. The number of pyridine rings is 1. The number of carbonyl (C=O) groups is 1. The van der Waals surface area contributed by atoms with Crippen molar-refractivity contribution in [3.05, 3.63) is 36.3 Å². The minimum Gasteiger partial charge on any atom is -0.378 e. The summed E-state index contributed by atoms with van der Waals surface area (Å²) < 4.78 is 1.63. The van der Waals surface area contributed by atoms with Crippen molar-refractivity contribution in [3.63, 3.8) is 0 Å². The summed E-state index contributed by atoms with van der Waals surface area (Å²) in [4.78, 5) is 17.0. The fraction of sp³-hybridized carbons (Fsp3) is 0.250. The molecule has 0 saturated carbocycles. The van der Waals surface area contributed by atoms with Crippen LogP contribution in [-0.4, -0.2) is 34.8 Å². The minimum atomic E-state index is -0.371. The number of hydrogen-bond acceptors (Lipinski definition) is 4. The Hall–Kier alpha value is -2.37. The lowest BCUT2D eigenvalue weighted by molar-refractivity contribution is -0.117. The highest BCUT2D eigenvalue weighted by molar-refractivity contribution is 5.76. The molecule has 0 radical (unpaired) electrons. The van der Waals surface area contributed by atoms with Gasteiger partial charge in [-0.1, -0.05) is 0 Å². The molecule has 2 rings (SSSR count). The third kappa shape index (κ3) is 2.65. The van der Waals surface area contributed by atoms with Crippen molar-refractivity contribution in [2.45, 2.75) is 6.42 Å². The highest BCUT2D eigenvalue weighted by Gasteiger charge is 2.05. The Balaban J connectivity index is 2.28. The van der Waals surface area contributed by atoms with Gasteiger partial charge >= 0.3 is 0 Å². The number of amides is 1. The van der Waals surface area contributed by atoms with Crippen molar-refractivity contribution < 1.29 is 4.79 Å². The van der Waals surface area contributed by atoms with E-state index in [9.17, 15) is 4.79 Å². The Kier molecular flexibility index (Phi) is 3.27. The summed E-state index contributed by atoms with van der Waals surface area (Å²) in [7, 11) is 3.92. The Morgan fingerprint density at radius 2 is 2.28 bits per heavy atom. The standard InChI is InChI=1S/C12H15N5O/c1-16(2)10-3-4-14-12(6-10)17-8-9(7-15-17)5-11(13)18/h3-4,6-8H,5H2,1-2H3,(H2,13,18). The van der Waals surface area contributed by atoms with Gasteiger partial charge in [0.15, 0.2) is 5.82 Å². The zero-order valence-electron chi connectivity index (χ0n) is 10.4. The Labute approximate surface area is 105 Å². The molecule has 1 amide bonds. The summed E-state index contributed by atoms with van der Waals surface area (Å²) >= 11 is 0. The fourth-order valence-electron chi connectivity index (χ4n) is 1.59. The van der Waals surface area contributed by atoms with E-state index in [1.165, 1.54) is 0 Å². The van der Waals surface area contributed by atoms with Crippen molar-refractivity contribution in [1.29, 1.82) is 0 Å². The van der Waals surface area contributed by atoms with E-state index in [4.69, 9.17) is 5.73 Å². The predicted octanol–water partition coefficient (Wildman–Crippen LogP) is 0.361. The van der Waals surface area contributed by atoms with Gasteiger partial charge in [-0.25, -0.2) is 9.67 Å². The van der Waals surface area contributed by atoms with E-state index in [1.807, 2.05) is 31.1 Å². The van der Waals surface area contributed by atoms with E-state index >= 15 is 0 Å². The van der Waals surface area contributed by atoms with Gasteiger partial charge in [-0.05, 0) is 11.6 Å². The van der Waals surface area contributed by atoms with E-state index < -0.39 is 0 Å². The molecule has 6 heteroatoms. The quantitative estimate of drug-likeness (QED) is 0.843. The van der Waals surface area contributed by atoms with Gasteiger partial charge in [0.2, 0.25) is 5.91 Å². The van der Waals surface area contributed by atoms with Crippen LogP contribution in [0, 0.1) is 0 Å². The first-order valence-corrected chi connectivity index (χ1v) is 5.52. The molecule has 0 atom stereocenters. The highest BCUT2D eigenvalue weighted by Crippen LogP contribution is 2.14. The van der Waals surface area contributed by atoms with Gasteiger partial charge in [-0.2, -0.15) is 5.10 Å². The van der Waals surface area contributed by atoms with Crippen molar-refractivity contribution in [2.24, 2.45) is 5.73 Å². The maximum absolute atomic E-state index is 10.8. The molecule has 2 N–H and O–H groups in total. The molecule has 0 aliphatic rings. The van der Waals surface area contributed by atoms with Gasteiger partial charge in [0.25, 0.3) is 0 Å². The molecule has 0 bridgehead atoms. The number of carbonyl (C=O) groups excluding carboxylic acids is 1. The molecule has 0 aliphatic carbocycles. The summed E-state index contributed by atoms with van der Waals surface area (Å²) in [5, 5.41) is 4.17. The number of primary amides is 1. The van der Waals surface area contributed by atoms with Gasteiger partial charge < -0.3 is 10.6 Å². The van der Waals surface area contributed by atoms with Crippen LogP contribution < -0.4 is 10.6 Å². The number of nitrogens with zero attached hydrogens (tertiary/aromatic N) is 4. The molecule has 2 aromatic heterocycles. The molecule has 0 fully saturated rings. The number of rotatable bonds is 4. The molecule has 6 nitrogen and oxygen atoms in total. The third-order valence-corrected chi connectivity index (χ3v) is 2.49. The molecular formula is C12H15N5O. The zero-order chi connectivity index (χ0) is 13.1. The highest BCUT2D eigenvalue weighted by atomic mass is 16.1. The topological polar surface area (TPSA) is 77.0 Å². The SMILES string of the molecule is CN(C)c1ccnc(-n2cc(CC(N)=O)cn2)c1. The molecule has 18 heavy (non-hydrogen) atoms. The van der Waals surface area contributed by atoms with Crippen molar-refractivity contribution in [1.82, 2.24) is 14.8 Å². The monoisotopic (exact) mass is 245 g/mol. The van der Waals surface area contributed by atoms with Crippen LogP contribution in [0.1, 0.15) is 5.56 Å². The summed E-state index contributed by atoms with van der Waals surface area (Å²) in [5.74, 6) is 0.335. The van der Waals surface area contributed by atoms with Crippen LogP contribution in [0.3, 0.4) is 0 Å². The van der Waals surface area contributed by atoms with Gasteiger partial charge in [-0.3, -0.25) is 4.79 Å². The number of hydrogen-bond donors (Lipinski definition) is 1. The normalized spacial score (nSPS) is 10.3. The summed E-state index contributed by atoms with van der Waals surface area (Å²) in [6.45, 7) is 0. The molecule has 2 heterocycles. The van der Waals surface area contributed by atoms with E-state index in [1.54, 1.807) is 23.3 Å². The Morgan fingerprint density at radius 3 is 2.94 bits per heavy atom. The second-order valence-electron chi connectivity index (χ2n) is 4.20. The second-order valence-corrected chi connectivity index (χ2v) is 4.20. The number of aromatic nitrogens is 3. The molecule has 0 unspecified atom stereocenters. The van der Waals surface area contributed by atoms with Gasteiger partial charge in [-0.15, -0.1) is 0 Å². The maximum atomic E-state index is 10.8. The smallest absolute Gasteiger partial charge is 0.221 e. The lowest BCUT2D eigenvalue weighted by atomic mass is 10.2. The lowest BCUT2D eigenvalue weighted by Crippen LogP contribution is -2.13. The molecular weight excluding hydrogens is 230 g/mol. The summed E-state index contributed by atoms with van der Waals surface area (Å²) in [6, 6.07) is 3.83. The van der Waals surface area contributed by atoms with Crippen LogP contribution in [-0.2, 0) is 11.2 Å². The molecule has 0 aromatic carbocycles. The van der Waals surface area contributed by atoms with Gasteiger partial charge in [0.05, 0.1) is 12.6 Å². The van der Waals surface area contributed by atoms with Crippen molar-refractivity contribution in [3.8, 4) is 5.82 Å². The fourth-order valence-corrected chi connectivity index (χ4v) is 1.59. The summed E-state index contributed by atoms with van der Waals surface area (Å²) in [5.41, 5.74) is 6.95. The molecule has 0 saturated heterocycles. The first-order chi connectivity index (χ1) is 8.56. The number of nitrogens with two attached hydrogens (primary N) is 1. The maximum Gasteiger partial charge on any atom is 0.221 e. The van der Waals surface area contributed by atoms with Crippen molar-refractivity contribution >= 4 is 11.6 Å². The summed E-state index contributed by atoms with van der Waals surface area (Å²) in [6.07, 6.45) is 5.29. The van der Waals surface area contributed by atoms with Crippen molar-refractivity contribution in [2.75, 3.05) is 19.0 Å². The van der Waals surface area contributed by atoms with Crippen LogP contribution in [0.5, 0.6) is 0 Å². The second kappa shape index (κ2) is 4.87. The van der Waals surface area contributed by atoms with E-state index in [-0.39, 0.29) is 12.3 Å². The zero-order valence-corrected chi connectivity index (χ0v) is 10.4. The minimum absolute atomic E-state index is 0.188. The molecule has 0 aliphatic heterocycles.